The molecule has 1 N–H and O–H groups in total. The lowest BCUT2D eigenvalue weighted by Crippen LogP contribution is -2.01. The molecule has 0 spiro atoms. The average Bonchev–Trinajstić information content (AvgIpc) is 2.88. The van der Waals surface area contributed by atoms with Crippen LogP contribution in [0.25, 0.3) is 11.3 Å². The Kier molecular flexibility index (Phi) is 3.69. The molecule has 106 valence electrons. The van der Waals surface area contributed by atoms with E-state index in [4.69, 9.17) is 0 Å². The SMILES string of the molecule is Cc1ccncc1NCc1cn(C)nc1-c1ccccc1. The Balaban J connectivity index is 1.85. The summed E-state index contributed by atoms with van der Waals surface area (Å²) >= 11 is 0. The molecule has 4 heteroatoms. The summed E-state index contributed by atoms with van der Waals surface area (Å²) in [6, 6.07) is 12.3. The van der Waals surface area contributed by atoms with Crippen LogP contribution >= 0.6 is 0 Å². The number of hydrogen-bond acceptors (Lipinski definition) is 3. The van der Waals surface area contributed by atoms with Crippen LogP contribution in [0.1, 0.15) is 11.1 Å². The lowest BCUT2D eigenvalue weighted by atomic mass is 10.1. The second kappa shape index (κ2) is 5.79. The van der Waals surface area contributed by atoms with Crippen LogP contribution < -0.4 is 5.32 Å². The highest BCUT2D eigenvalue weighted by atomic mass is 15.3. The van der Waals surface area contributed by atoms with Gasteiger partial charge in [0.05, 0.1) is 17.6 Å². The van der Waals surface area contributed by atoms with Gasteiger partial charge in [0.15, 0.2) is 0 Å². The molecule has 0 unspecified atom stereocenters. The van der Waals surface area contributed by atoms with Crippen molar-refractivity contribution >= 4 is 5.69 Å². The largest absolute Gasteiger partial charge is 0.379 e. The molecule has 1 aromatic carbocycles. The summed E-state index contributed by atoms with van der Waals surface area (Å²) in [7, 11) is 1.95. The van der Waals surface area contributed by atoms with Gasteiger partial charge in [-0.25, -0.2) is 0 Å². The summed E-state index contributed by atoms with van der Waals surface area (Å²) in [5, 5.41) is 8.01. The number of rotatable bonds is 4. The molecule has 0 aliphatic heterocycles. The van der Waals surface area contributed by atoms with Crippen molar-refractivity contribution < 1.29 is 0 Å². The van der Waals surface area contributed by atoms with E-state index in [1.807, 2.05) is 42.2 Å². The van der Waals surface area contributed by atoms with Crippen molar-refractivity contribution in [3.63, 3.8) is 0 Å². The van der Waals surface area contributed by atoms with Crippen molar-refractivity contribution in [2.24, 2.45) is 7.05 Å². The molecule has 0 saturated heterocycles. The van der Waals surface area contributed by atoms with E-state index in [1.54, 1.807) is 6.20 Å². The summed E-state index contributed by atoms with van der Waals surface area (Å²) < 4.78 is 1.86. The normalized spacial score (nSPS) is 10.6. The van der Waals surface area contributed by atoms with Crippen LogP contribution in [0.2, 0.25) is 0 Å². The maximum atomic E-state index is 4.58. The van der Waals surface area contributed by atoms with Crippen molar-refractivity contribution in [3.8, 4) is 11.3 Å². The van der Waals surface area contributed by atoms with E-state index < -0.39 is 0 Å². The lowest BCUT2D eigenvalue weighted by molar-refractivity contribution is 0.770. The fraction of sp³-hybridized carbons (Fsp3) is 0.176. The molecule has 0 saturated carbocycles. The Labute approximate surface area is 124 Å². The third-order valence-electron chi connectivity index (χ3n) is 3.46. The number of nitrogens with one attached hydrogen (secondary N) is 1. The molecule has 2 heterocycles. The first-order valence-electron chi connectivity index (χ1n) is 6.96. The van der Waals surface area contributed by atoms with Gasteiger partial charge in [0.1, 0.15) is 0 Å². The molecule has 0 bridgehead atoms. The topological polar surface area (TPSA) is 42.7 Å². The van der Waals surface area contributed by atoms with E-state index in [2.05, 4.69) is 40.7 Å². The summed E-state index contributed by atoms with van der Waals surface area (Å²) in [6.45, 7) is 2.80. The number of hydrogen-bond donors (Lipinski definition) is 1. The minimum absolute atomic E-state index is 0.727. The molecule has 21 heavy (non-hydrogen) atoms. The molecule has 0 fully saturated rings. The van der Waals surface area contributed by atoms with Crippen molar-refractivity contribution in [2.75, 3.05) is 5.32 Å². The first-order valence-corrected chi connectivity index (χ1v) is 6.96. The van der Waals surface area contributed by atoms with Crippen LogP contribution in [0.15, 0.2) is 55.0 Å². The Morgan fingerprint density at radius 3 is 2.71 bits per heavy atom. The summed E-state index contributed by atoms with van der Waals surface area (Å²) in [5.41, 5.74) is 5.58. The van der Waals surface area contributed by atoms with Gasteiger partial charge in [-0.15, -0.1) is 0 Å². The van der Waals surface area contributed by atoms with Gasteiger partial charge >= 0.3 is 0 Å². The number of aromatic nitrogens is 3. The predicted molar refractivity (Wildman–Crippen MR) is 84.9 cm³/mol. The van der Waals surface area contributed by atoms with E-state index in [-0.39, 0.29) is 0 Å². The second-order valence-electron chi connectivity index (χ2n) is 5.09. The molecule has 3 aromatic rings. The van der Waals surface area contributed by atoms with E-state index in [9.17, 15) is 0 Å². The van der Waals surface area contributed by atoms with Crippen LogP contribution in [0.4, 0.5) is 5.69 Å². The molecule has 0 aliphatic carbocycles. The standard InChI is InChI=1S/C17H18N4/c1-13-8-9-18-11-16(13)19-10-15-12-21(2)20-17(15)14-6-4-3-5-7-14/h3-9,11-12,19H,10H2,1-2H3. The van der Waals surface area contributed by atoms with Gasteiger partial charge in [0, 0.05) is 37.1 Å². The van der Waals surface area contributed by atoms with Crippen molar-refractivity contribution in [3.05, 3.63) is 66.1 Å². The minimum atomic E-state index is 0.727. The van der Waals surface area contributed by atoms with Crippen molar-refractivity contribution in [1.82, 2.24) is 14.8 Å². The third-order valence-corrected chi connectivity index (χ3v) is 3.46. The zero-order valence-electron chi connectivity index (χ0n) is 12.2. The highest BCUT2D eigenvalue weighted by molar-refractivity contribution is 5.63. The monoisotopic (exact) mass is 278 g/mol. The fourth-order valence-electron chi connectivity index (χ4n) is 2.35. The maximum Gasteiger partial charge on any atom is 0.0972 e. The van der Waals surface area contributed by atoms with Crippen LogP contribution in [-0.4, -0.2) is 14.8 Å². The number of nitrogens with zero attached hydrogens (tertiary/aromatic N) is 3. The number of anilines is 1. The zero-order valence-corrected chi connectivity index (χ0v) is 12.2. The van der Waals surface area contributed by atoms with E-state index in [1.165, 1.54) is 11.1 Å². The zero-order chi connectivity index (χ0) is 14.7. The Hall–Kier alpha value is -2.62. The van der Waals surface area contributed by atoms with Crippen LogP contribution in [-0.2, 0) is 13.6 Å². The van der Waals surface area contributed by atoms with Gasteiger partial charge in [-0.1, -0.05) is 30.3 Å². The molecule has 0 atom stereocenters. The van der Waals surface area contributed by atoms with Crippen LogP contribution in [0.5, 0.6) is 0 Å². The summed E-state index contributed by atoms with van der Waals surface area (Å²) in [5.74, 6) is 0. The number of pyridine rings is 1. The summed E-state index contributed by atoms with van der Waals surface area (Å²) in [4.78, 5) is 4.16. The molecular weight excluding hydrogens is 260 g/mol. The van der Waals surface area contributed by atoms with Gasteiger partial charge < -0.3 is 5.32 Å². The fourth-order valence-corrected chi connectivity index (χ4v) is 2.35. The lowest BCUT2D eigenvalue weighted by Gasteiger charge is -2.08. The number of benzene rings is 1. The Bertz CT molecular complexity index is 732. The average molecular weight is 278 g/mol. The molecule has 0 aliphatic rings. The maximum absolute atomic E-state index is 4.58. The van der Waals surface area contributed by atoms with Gasteiger partial charge in [0.25, 0.3) is 0 Å². The molecule has 0 amide bonds. The first-order chi connectivity index (χ1) is 10.2. The predicted octanol–water partition coefficient (Wildman–Crippen LogP) is 3.40. The molecule has 3 rings (SSSR count). The van der Waals surface area contributed by atoms with Crippen LogP contribution in [0.3, 0.4) is 0 Å². The van der Waals surface area contributed by atoms with Crippen molar-refractivity contribution in [1.29, 1.82) is 0 Å². The van der Waals surface area contributed by atoms with E-state index >= 15 is 0 Å². The molecule has 0 radical (unpaired) electrons. The number of aryl methyl sites for hydroxylation is 2. The highest BCUT2D eigenvalue weighted by Gasteiger charge is 2.10. The van der Waals surface area contributed by atoms with Gasteiger partial charge in [0.2, 0.25) is 0 Å². The van der Waals surface area contributed by atoms with E-state index in [0.29, 0.717) is 0 Å². The van der Waals surface area contributed by atoms with Gasteiger partial charge in [-0.3, -0.25) is 9.67 Å². The Morgan fingerprint density at radius 1 is 1.14 bits per heavy atom. The summed E-state index contributed by atoms with van der Waals surface area (Å²) in [6.07, 6.45) is 5.72. The highest BCUT2D eigenvalue weighted by Crippen LogP contribution is 2.23. The quantitative estimate of drug-likeness (QED) is 0.795. The second-order valence-corrected chi connectivity index (χ2v) is 5.09. The smallest absolute Gasteiger partial charge is 0.0972 e. The van der Waals surface area contributed by atoms with Gasteiger partial charge in [-0.2, -0.15) is 5.10 Å². The molecule has 2 aromatic heterocycles. The molecular formula is C17H18N4. The first kappa shape index (κ1) is 13.4. The minimum Gasteiger partial charge on any atom is -0.379 e. The van der Waals surface area contributed by atoms with Crippen molar-refractivity contribution in [2.45, 2.75) is 13.5 Å². The van der Waals surface area contributed by atoms with E-state index in [0.717, 1.165) is 23.5 Å². The van der Waals surface area contributed by atoms with Crippen LogP contribution in [0, 0.1) is 6.92 Å². The molecule has 4 nitrogen and oxygen atoms in total. The van der Waals surface area contributed by atoms with Gasteiger partial charge in [-0.05, 0) is 18.6 Å². The third kappa shape index (κ3) is 2.94. The Morgan fingerprint density at radius 2 is 1.95 bits per heavy atom.